The number of nitrogens with zero attached hydrogens (tertiary/aromatic N) is 2. The summed E-state index contributed by atoms with van der Waals surface area (Å²) in [6.45, 7) is 1.71. The van der Waals surface area contributed by atoms with Crippen LogP contribution in [-0.2, 0) is 11.3 Å². The molecule has 0 saturated carbocycles. The van der Waals surface area contributed by atoms with Crippen LogP contribution < -0.4 is 5.73 Å². The van der Waals surface area contributed by atoms with Crippen molar-refractivity contribution in [2.75, 3.05) is 26.7 Å². The summed E-state index contributed by atoms with van der Waals surface area (Å²) < 4.78 is 0. The van der Waals surface area contributed by atoms with Gasteiger partial charge in [0.05, 0.1) is 11.4 Å². The van der Waals surface area contributed by atoms with Crippen LogP contribution in [0.3, 0.4) is 0 Å². The van der Waals surface area contributed by atoms with Gasteiger partial charge in [-0.1, -0.05) is 36.4 Å². The van der Waals surface area contributed by atoms with Crippen LogP contribution in [0.2, 0.25) is 0 Å². The van der Waals surface area contributed by atoms with Crippen LogP contribution in [0.4, 0.5) is 0 Å². The molecule has 6 heteroatoms. The molecule has 128 valence electrons. The lowest BCUT2D eigenvalue weighted by molar-refractivity contribution is -0.132. The highest BCUT2D eigenvalue weighted by molar-refractivity contribution is 7.12. The molecule has 0 bridgehead atoms. The van der Waals surface area contributed by atoms with Crippen LogP contribution in [0.1, 0.15) is 21.7 Å². The molecule has 1 aromatic heterocycles. The predicted octanol–water partition coefficient (Wildman–Crippen LogP) is 2.20. The number of hydrogen-bond donors (Lipinski definition) is 1. The largest absolute Gasteiger partial charge is 0.337 e. The van der Waals surface area contributed by atoms with E-state index in [-0.39, 0.29) is 18.4 Å². The first-order valence-electron chi connectivity index (χ1n) is 7.92. The Morgan fingerprint density at radius 1 is 1.12 bits per heavy atom. The molecule has 0 aliphatic heterocycles. The molecule has 0 aliphatic rings. The average Bonchev–Trinajstić information content (AvgIpc) is 3.13. The number of benzene rings is 1. The van der Waals surface area contributed by atoms with E-state index in [1.807, 2.05) is 41.8 Å². The van der Waals surface area contributed by atoms with Gasteiger partial charge in [0, 0.05) is 20.1 Å². The number of carbonyl (C=O) groups excluding carboxylic acids is 2. The highest BCUT2D eigenvalue weighted by Crippen LogP contribution is 2.12. The zero-order valence-corrected chi connectivity index (χ0v) is 14.7. The predicted molar refractivity (Wildman–Crippen MR) is 96.8 cm³/mol. The molecular weight excluding hydrogens is 322 g/mol. The first kappa shape index (κ1) is 18.2. The molecule has 0 aliphatic carbocycles. The molecule has 0 unspecified atom stereocenters. The van der Waals surface area contributed by atoms with E-state index >= 15 is 0 Å². The lowest BCUT2D eigenvalue weighted by atomic mass is 10.2. The van der Waals surface area contributed by atoms with Crippen molar-refractivity contribution < 1.29 is 9.59 Å². The van der Waals surface area contributed by atoms with E-state index < -0.39 is 0 Å². The Morgan fingerprint density at radius 2 is 1.88 bits per heavy atom. The van der Waals surface area contributed by atoms with Crippen LogP contribution in [0.25, 0.3) is 0 Å². The minimum atomic E-state index is -0.128. The third-order valence-corrected chi connectivity index (χ3v) is 4.51. The topological polar surface area (TPSA) is 66.6 Å². The second-order valence-corrected chi connectivity index (χ2v) is 6.53. The molecule has 2 rings (SSSR count). The van der Waals surface area contributed by atoms with Gasteiger partial charge in [0.15, 0.2) is 0 Å². The number of carbonyl (C=O) groups is 2. The molecule has 0 atom stereocenters. The van der Waals surface area contributed by atoms with Gasteiger partial charge >= 0.3 is 0 Å². The third-order valence-electron chi connectivity index (χ3n) is 3.65. The molecule has 24 heavy (non-hydrogen) atoms. The lowest BCUT2D eigenvalue weighted by Gasteiger charge is -2.25. The van der Waals surface area contributed by atoms with Gasteiger partial charge in [-0.2, -0.15) is 0 Å². The van der Waals surface area contributed by atoms with Crippen molar-refractivity contribution in [1.82, 2.24) is 9.80 Å². The molecule has 0 fully saturated rings. The zero-order valence-electron chi connectivity index (χ0n) is 13.9. The Bertz CT molecular complexity index is 644. The van der Waals surface area contributed by atoms with Gasteiger partial charge in [0.2, 0.25) is 5.91 Å². The maximum atomic E-state index is 12.6. The van der Waals surface area contributed by atoms with Gasteiger partial charge in [0.25, 0.3) is 5.91 Å². The summed E-state index contributed by atoms with van der Waals surface area (Å²) in [7, 11) is 1.66. The summed E-state index contributed by atoms with van der Waals surface area (Å²) in [6, 6.07) is 13.4. The van der Waals surface area contributed by atoms with E-state index in [9.17, 15) is 9.59 Å². The van der Waals surface area contributed by atoms with Crippen molar-refractivity contribution >= 4 is 23.2 Å². The van der Waals surface area contributed by atoms with Gasteiger partial charge in [-0.15, -0.1) is 11.3 Å². The minimum Gasteiger partial charge on any atom is -0.337 e. The van der Waals surface area contributed by atoms with Crippen molar-refractivity contribution in [3.8, 4) is 0 Å². The van der Waals surface area contributed by atoms with Crippen molar-refractivity contribution in [3.05, 3.63) is 58.3 Å². The average molecular weight is 345 g/mol. The van der Waals surface area contributed by atoms with E-state index in [0.717, 1.165) is 12.0 Å². The SMILES string of the molecule is CN(CC(=O)N(CCCN)Cc1ccccc1)C(=O)c1cccs1. The van der Waals surface area contributed by atoms with Gasteiger partial charge in [-0.25, -0.2) is 0 Å². The van der Waals surface area contributed by atoms with Crippen molar-refractivity contribution in [2.24, 2.45) is 5.73 Å². The smallest absolute Gasteiger partial charge is 0.264 e. The van der Waals surface area contributed by atoms with Crippen LogP contribution in [0.15, 0.2) is 47.8 Å². The Balaban J connectivity index is 2.00. The molecule has 0 radical (unpaired) electrons. The fraction of sp³-hybridized carbons (Fsp3) is 0.333. The Hall–Kier alpha value is -2.18. The summed E-state index contributed by atoms with van der Waals surface area (Å²) in [5, 5.41) is 1.85. The Labute approximate surface area is 146 Å². The molecule has 5 nitrogen and oxygen atoms in total. The number of hydrogen-bond acceptors (Lipinski definition) is 4. The van der Waals surface area contributed by atoms with Crippen molar-refractivity contribution in [2.45, 2.75) is 13.0 Å². The summed E-state index contributed by atoms with van der Waals surface area (Å²) >= 11 is 1.38. The molecule has 2 aromatic rings. The molecular formula is C18H23N3O2S. The zero-order chi connectivity index (χ0) is 17.4. The fourth-order valence-corrected chi connectivity index (χ4v) is 3.06. The monoisotopic (exact) mass is 345 g/mol. The Morgan fingerprint density at radius 3 is 2.50 bits per heavy atom. The van der Waals surface area contributed by atoms with Crippen LogP contribution >= 0.6 is 11.3 Å². The third kappa shape index (κ3) is 5.18. The molecule has 1 aromatic carbocycles. The number of rotatable bonds is 8. The number of amides is 2. The molecule has 1 heterocycles. The fourth-order valence-electron chi connectivity index (χ4n) is 2.34. The van der Waals surface area contributed by atoms with E-state index in [4.69, 9.17) is 5.73 Å². The quantitative estimate of drug-likeness (QED) is 0.797. The van der Waals surface area contributed by atoms with E-state index in [2.05, 4.69) is 0 Å². The highest BCUT2D eigenvalue weighted by Gasteiger charge is 2.20. The second kappa shape index (κ2) is 9.20. The normalized spacial score (nSPS) is 10.4. The van der Waals surface area contributed by atoms with Crippen LogP contribution in [0, 0.1) is 0 Å². The van der Waals surface area contributed by atoms with Crippen LogP contribution in [0.5, 0.6) is 0 Å². The van der Waals surface area contributed by atoms with E-state index in [0.29, 0.717) is 24.5 Å². The Kier molecular flexibility index (Phi) is 6.96. The number of nitrogens with two attached hydrogens (primary N) is 1. The molecule has 2 amide bonds. The van der Waals surface area contributed by atoms with Gasteiger partial charge in [-0.05, 0) is 30.0 Å². The summed E-state index contributed by atoms with van der Waals surface area (Å²) in [6.07, 6.45) is 0.737. The summed E-state index contributed by atoms with van der Waals surface area (Å²) in [4.78, 5) is 28.8. The maximum absolute atomic E-state index is 12.6. The molecule has 0 spiro atoms. The first-order chi connectivity index (χ1) is 11.6. The molecule has 2 N–H and O–H groups in total. The maximum Gasteiger partial charge on any atom is 0.264 e. The van der Waals surface area contributed by atoms with E-state index in [1.54, 1.807) is 18.0 Å². The number of likely N-dealkylation sites (N-methyl/N-ethyl adjacent to an activating group) is 1. The standard InChI is InChI=1S/C18H23N3O2S/c1-20(18(23)16-9-5-12-24-16)14-17(22)21(11-6-10-19)13-15-7-3-2-4-8-15/h2-5,7-9,12H,6,10-11,13-14,19H2,1H3. The van der Waals surface area contributed by atoms with Gasteiger partial charge < -0.3 is 15.5 Å². The number of thiophene rings is 1. The lowest BCUT2D eigenvalue weighted by Crippen LogP contribution is -2.41. The minimum absolute atomic E-state index is 0.0636. The summed E-state index contributed by atoms with van der Waals surface area (Å²) in [5.41, 5.74) is 6.65. The van der Waals surface area contributed by atoms with Gasteiger partial charge in [0.1, 0.15) is 0 Å². The van der Waals surface area contributed by atoms with Crippen molar-refractivity contribution in [3.63, 3.8) is 0 Å². The van der Waals surface area contributed by atoms with Gasteiger partial charge in [-0.3, -0.25) is 9.59 Å². The van der Waals surface area contributed by atoms with Crippen LogP contribution in [-0.4, -0.2) is 48.3 Å². The second-order valence-electron chi connectivity index (χ2n) is 5.58. The van der Waals surface area contributed by atoms with E-state index in [1.165, 1.54) is 16.2 Å². The highest BCUT2D eigenvalue weighted by atomic mass is 32.1. The summed E-state index contributed by atoms with van der Waals surface area (Å²) in [5.74, 6) is -0.198. The first-order valence-corrected chi connectivity index (χ1v) is 8.80. The van der Waals surface area contributed by atoms with Crippen molar-refractivity contribution in [1.29, 1.82) is 0 Å². The molecule has 0 saturated heterocycles.